The average molecular weight is 414 g/mol. The standard InChI is InChI=1S/C22H27N3O3S/c1-6-25(4)16-9-13(7-8-19(16)28-5)20-21(23-24-22(20)29)15-10-14(12(2)3)17(26)11-18(15)27/h7-12,26-27H,6H2,1-5H3,(H2,23,24,29). The summed E-state index contributed by atoms with van der Waals surface area (Å²) in [4.78, 5) is 2.09. The quantitative estimate of drug-likeness (QED) is 0.426. The van der Waals surface area contributed by atoms with Gasteiger partial charge in [-0.05, 0) is 42.2 Å². The number of ether oxygens (including phenoxy) is 1. The van der Waals surface area contributed by atoms with Crippen molar-refractivity contribution in [3.8, 4) is 39.6 Å². The van der Waals surface area contributed by atoms with Crippen molar-refractivity contribution < 1.29 is 14.9 Å². The van der Waals surface area contributed by atoms with E-state index >= 15 is 0 Å². The van der Waals surface area contributed by atoms with Crippen LogP contribution in [0.15, 0.2) is 35.4 Å². The molecule has 7 heteroatoms. The van der Waals surface area contributed by atoms with Crippen LogP contribution < -0.4 is 9.64 Å². The van der Waals surface area contributed by atoms with Crippen molar-refractivity contribution in [1.29, 1.82) is 0 Å². The van der Waals surface area contributed by atoms with Crippen molar-refractivity contribution in [2.75, 3.05) is 25.6 Å². The molecule has 0 unspecified atom stereocenters. The molecule has 154 valence electrons. The minimum atomic E-state index is -0.0236. The molecule has 0 aliphatic rings. The lowest BCUT2D eigenvalue weighted by Crippen LogP contribution is -2.16. The average Bonchev–Trinajstić information content (AvgIpc) is 3.07. The number of H-pyrrole nitrogens is 1. The lowest BCUT2D eigenvalue weighted by molar-refractivity contribution is 0.415. The molecule has 0 spiro atoms. The Bertz CT molecular complexity index is 1030. The van der Waals surface area contributed by atoms with Crippen LogP contribution in [0.5, 0.6) is 17.2 Å². The summed E-state index contributed by atoms with van der Waals surface area (Å²) < 4.78 is 5.51. The van der Waals surface area contributed by atoms with E-state index in [-0.39, 0.29) is 17.4 Å². The van der Waals surface area contributed by atoms with Gasteiger partial charge in [0.25, 0.3) is 0 Å². The largest absolute Gasteiger partial charge is 0.508 e. The summed E-state index contributed by atoms with van der Waals surface area (Å²) in [5.74, 6) is 0.926. The Morgan fingerprint density at radius 3 is 2.52 bits per heavy atom. The van der Waals surface area contributed by atoms with Gasteiger partial charge in [-0.3, -0.25) is 5.10 Å². The number of phenolic OH excluding ortho intramolecular Hbond substituents is 2. The second-order valence-corrected chi connectivity index (χ2v) is 7.70. The van der Waals surface area contributed by atoms with Crippen molar-refractivity contribution in [3.05, 3.63) is 35.9 Å². The number of anilines is 1. The van der Waals surface area contributed by atoms with Crippen molar-refractivity contribution in [1.82, 2.24) is 10.2 Å². The molecule has 0 bridgehead atoms. The van der Waals surface area contributed by atoms with Gasteiger partial charge in [-0.25, -0.2) is 0 Å². The number of thiol groups is 1. The molecule has 0 saturated carbocycles. The number of nitrogens with zero attached hydrogens (tertiary/aromatic N) is 2. The predicted octanol–water partition coefficient (Wildman–Crippen LogP) is 5.03. The molecule has 3 N–H and O–H groups in total. The van der Waals surface area contributed by atoms with E-state index in [4.69, 9.17) is 4.74 Å². The van der Waals surface area contributed by atoms with Gasteiger partial charge in [0.2, 0.25) is 0 Å². The number of aromatic hydroxyl groups is 2. The first-order valence-corrected chi connectivity index (χ1v) is 9.96. The van der Waals surface area contributed by atoms with E-state index in [9.17, 15) is 10.2 Å². The van der Waals surface area contributed by atoms with Gasteiger partial charge in [0.15, 0.2) is 0 Å². The summed E-state index contributed by atoms with van der Waals surface area (Å²) in [7, 11) is 3.65. The van der Waals surface area contributed by atoms with Gasteiger partial charge in [-0.15, -0.1) is 12.6 Å². The highest BCUT2D eigenvalue weighted by molar-refractivity contribution is 7.80. The maximum atomic E-state index is 10.5. The lowest BCUT2D eigenvalue weighted by atomic mass is 9.95. The van der Waals surface area contributed by atoms with Crippen molar-refractivity contribution >= 4 is 18.3 Å². The first kappa shape index (κ1) is 20.9. The third-order valence-corrected chi connectivity index (χ3v) is 5.46. The lowest BCUT2D eigenvalue weighted by Gasteiger charge is -2.21. The Kier molecular flexibility index (Phi) is 5.98. The number of methoxy groups -OCH3 is 1. The topological polar surface area (TPSA) is 81.6 Å². The van der Waals surface area contributed by atoms with Crippen LogP contribution >= 0.6 is 12.6 Å². The summed E-state index contributed by atoms with van der Waals surface area (Å²) >= 11 is 4.54. The number of aromatic nitrogens is 2. The maximum Gasteiger partial charge on any atom is 0.142 e. The van der Waals surface area contributed by atoms with Gasteiger partial charge >= 0.3 is 0 Å². The molecular formula is C22H27N3O3S. The summed E-state index contributed by atoms with van der Waals surface area (Å²) in [6, 6.07) is 9.05. The molecule has 0 aliphatic heterocycles. The zero-order chi connectivity index (χ0) is 21.3. The first-order valence-electron chi connectivity index (χ1n) is 9.51. The number of benzene rings is 2. The minimum Gasteiger partial charge on any atom is -0.508 e. The van der Waals surface area contributed by atoms with E-state index in [1.54, 1.807) is 13.2 Å². The maximum absolute atomic E-state index is 10.5. The van der Waals surface area contributed by atoms with E-state index in [0.29, 0.717) is 16.3 Å². The molecule has 1 aromatic heterocycles. The van der Waals surface area contributed by atoms with Crippen LogP contribution in [0.1, 0.15) is 32.3 Å². The van der Waals surface area contributed by atoms with Gasteiger partial charge < -0.3 is 19.8 Å². The normalized spacial score (nSPS) is 11.1. The smallest absolute Gasteiger partial charge is 0.142 e. The van der Waals surface area contributed by atoms with E-state index in [1.165, 1.54) is 6.07 Å². The molecule has 0 amide bonds. The Labute approximate surface area is 176 Å². The summed E-state index contributed by atoms with van der Waals surface area (Å²) in [6.45, 7) is 6.87. The second-order valence-electron chi connectivity index (χ2n) is 7.28. The number of hydrogen-bond donors (Lipinski definition) is 4. The molecular weight excluding hydrogens is 386 g/mol. The van der Waals surface area contributed by atoms with Crippen LogP contribution in [0, 0.1) is 0 Å². The van der Waals surface area contributed by atoms with Crippen molar-refractivity contribution in [2.45, 2.75) is 31.7 Å². The zero-order valence-corrected chi connectivity index (χ0v) is 18.2. The number of nitrogens with one attached hydrogen (secondary N) is 1. The van der Waals surface area contributed by atoms with Gasteiger partial charge in [-0.1, -0.05) is 19.9 Å². The summed E-state index contributed by atoms with van der Waals surface area (Å²) in [5, 5.41) is 28.5. The van der Waals surface area contributed by atoms with Crippen molar-refractivity contribution in [3.63, 3.8) is 0 Å². The number of rotatable bonds is 6. The highest BCUT2D eigenvalue weighted by Gasteiger charge is 2.21. The molecule has 3 aromatic rings. The molecule has 0 radical (unpaired) electrons. The Morgan fingerprint density at radius 2 is 1.90 bits per heavy atom. The first-order chi connectivity index (χ1) is 13.8. The van der Waals surface area contributed by atoms with Crippen LogP contribution in [0.2, 0.25) is 0 Å². The summed E-state index contributed by atoms with van der Waals surface area (Å²) in [6.07, 6.45) is 0. The zero-order valence-electron chi connectivity index (χ0n) is 17.3. The monoisotopic (exact) mass is 413 g/mol. The van der Waals surface area contributed by atoms with E-state index in [1.807, 2.05) is 39.1 Å². The molecule has 0 atom stereocenters. The Morgan fingerprint density at radius 1 is 1.17 bits per heavy atom. The van der Waals surface area contributed by atoms with E-state index < -0.39 is 0 Å². The molecule has 0 saturated heterocycles. The number of phenols is 2. The predicted molar refractivity (Wildman–Crippen MR) is 120 cm³/mol. The molecule has 1 heterocycles. The van der Waals surface area contributed by atoms with Crippen LogP contribution in [-0.2, 0) is 0 Å². The SMILES string of the molecule is CCN(C)c1cc(-c2c(S)n[nH]c2-c2cc(C(C)C)c(O)cc2O)ccc1OC. The molecule has 29 heavy (non-hydrogen) atoms. The van der Waals surface area contributed by atoms with Crippen molar-refractivity contribution in [2.24, 2.45) is 0 Å². The van der Waals surface area contributed by atoms with E-state index in [0.717, 1.165) is 34.7 Å². The highest BCUT2D eigenvalue weighted by Crippen LogP contribution is 2.44. The molecule has 3 rings (SSSR count). The molecule has 0 aliphatic carbocycles. The van der Waals surface area contributed by atoms with Gasteiger partial charge in [0, 0.05) is 30.8 Å². The molecule has 2 aromatic carbocycles. The second kappa shape index (κ2) is 8.29. The van der Waals surface area contributed by atoms with Crippen LogP contribution in [0.4, 0.5) is 5.69 Å². The number of aromatic amines is 1. The number of hydrogen-bond acceptors (Lipinski definition) is 6. The molecule has 6 nitrogen and oxygen atoms in total. The fourth-order valence-corrected chi connectivity index (χ4v) is 3.66. The third kappa shape index (κ3) is 3.87. The Hall–Kier alpha value is -2.80. The van der Waals surface area contributed by atoms with Gasteiger partial charge in [0.05, 0.1) is 18.5 Å². The molecule has 0 fully saturated rings. The third-order valence-electron chi connectivity index (χ3n) is 5.14. The van der Waals surface area contributed by atoms with Crippen LogP contribution in [0.25, 0.3) is 22.4 Å². The summed E-state index contributed by atoms with van der Waals surface area (Å²) in [5.41, 5.74) is 4.58. The highest BCUT2D eigenvalue weighted by atomic mass is 32.1. The Balaban J connectivity index is 2.21. The van der Waals surface area contributed by atoms with Gasteiger partial charge in [-0.2, -0.15) is 5.10 Å². The minimum absolute atomic E-state index is 0.0236. The fourth-order valence-electron chi connectivity index (χ4n) is 3.37. The fraction of sp³-hybridized carbons (Fsp3) is 0.318. The van der Waals surface area contributed by atoms with Crippen LogP contribution in [0.3, 0.4) is 0 Å². The van der Waals surface area contributed by atoms with E-state index in [2.05, 4.69) is 34.6 Å². The van der Waals surface area contributed by atoms with Gasteiger partial charge in [0.1, 0.15) is 22.3 Å². The van der Waals surface area contributed by atoms with Crippen LogP contribution in [-0.4, -0.2) is 41.1 Å².